The third kappa shape index (κ3) is 21.2. The lowest BCUT2D eigenvalue weighted by Crippen LogP contribution is -2.12. The Balaban J connectivity index is 0.000000207. The number of sulfone groups is 3. The van der Waals surface area contributed by atoms with Crippen LogP contribution in [0.1, 0.15) is 78.7 Å². The first-order chi connectivity index (χ1) is 46.1. The van der Waals surface area contributed by atoms with Crippen molar-refractivity contribution < 1.29 is 66.9 Å². The predicted octanol–water partition coefficient (Wildman–Crippen LogP) is 12.0. The fourth-order valence-corrected chi connectivity index (χ4v) is 22.3. The third-order valence-corrected chi connectivity index (χ3v) is 30.6. The lowest BCUT2D eigenvalue weighted by Gasteiger charge is -2.16. The van der Waals surface area contributed by atoms with Gasteiger partial charge in [0.25, 0.3) is 0 Å². The van der Waals surface area contributed by atoms with Gasteiger partial charge in [0, 0.05) is 69.7 Å². The molecule has 24 nitrogen and oxygen atoms in total. The molecule has 0 amide bonds. The van der Waals surface area contributed by atoms with E-state index in [1.807, 2.05) is 93.6 Å². The van der Waals surface area contributed by atoms with E-state index in [9.17, 15) is 53.3 Å². The van der Waals surface area contributed by atoms with Crippen molar-refractivity contribution in [1.29, 1.82) is 0 Å². The van der Waals surface area contributed by atoms with Gasteiger partial charge in [-0.1, -0.05) is 133 Å². The highest BCUT2D eigenvalue weighted by Gasteiger charge is 2.31. The smallest absolute Gasteiger partial charge is 0.217 e. The Morgan fingerprint density at radius 3 is 0.898 bits per heavy atom. The molecule has 0 saturated heterocycles. The molecule has 0 bridgehead atoms. The molecule has 3 heterocycles. The molecule has 6 N–H and O–H groups in total. The number of anilines is 3. The molecular weight excluding hydrogens is 1370 g/mol. The zero-order chi connectivity index (χ0) is 72.0. The number of benzene rings is 6. The second-order valence-corrected chi connectivity index (χ2v) is 38.5. The Morgan fingerprint density at radius 2 is 0.663 bits per heavy atom. The van der Waals surface area contributed by atoms with Crippen LogP contribution in [0.25, 0.3) is 33.8 Å². The molecule has 0 aliphatic carbocycles. The summed E-state index contributed by atoms with van der Waals surface area (Å²) in [4.78, 5) is 64.1. The van der Waals surface area contributed by atoms with E-state index >= 15 is 0 Å². The maximum absolute atomic E-state index is 12.9. The number of ketones is 3. The summed E-state index contributed by atoms with van der Waals surface area (Å²) in [7, 11) is -18.7. The summed E-state index contributed by atoms with van der Waals surface area (Å²) in [6.45, 7) is 12.0. The third-order valence-electron chi connectivity index (χ3n) is 15.0. The second kappa shape index (κ2) is 32.8. The number of carbonyl (C=O) groups is 3. The Labute approximate surface area is 570 Å². The van der Waals surface area contributed by atoms with E-state index < -0.39 is 68.1 Å². The molecule has 3 aromatic heterocycles. The first-order valence-corrected chi connectivity index (χ1v) is 41.6. The highest BCUT2D eigenvalue weighted by atomic mass is 32.2. The highest BCUT2D eigenvalue weighted by Crippen LogP contribution is 2.49. The van der Waals surface area contributed by atoms with Crippen LogP contribution in [0.2, 0.25) is 0 Å². The van der Waals surface area contributed by atoms with Crippen molar-refractivity contribution in [2.24, 2.45) is 0 Å². The van der Waals surface area contributed by atoms with Gasteiger partial charge in [0.05, 0.1) is 57.0 Å². The standard InChI is InChI=1S/C24H28N3O5PS.2C22H24N3O5PS/c1-4-32-33(29,5-2)16-34(30,31)20-12-8-18(9-13-20)14-22(28)23-24(25)26-15-21(27-23)19-10-6-17(3)7-11-19;2*1-15-4-8-17(9-5-15)19-13-24-22(23)21(25-19)20(26)12-16-6-10-18(11-7-16)32(28,29)14-31(3,27)30-2/h6-13,15H,4-5,14,16H2,1-3H3,(H2,25,26);2*4-11,13H,12,14H2,1-3H3,(H2,23,24)/t33-;2*31-/m110/s1. The van der Waals surface area contributed by atoms with Crippen LogP contribution >= 0.6 is 22.1 Å². The molecule has 0 aliphatic rings. The fraction of sp³-hybridized carbons (Fsp3) is 0.250. The van der Waals surface area contributed by atoms with Crippen LogP contribution < -0.4 is 17.2 Å². The number of aryl methyl sites for hydroxylation is 3. The van der Waals surface area contributed by atoms with Crippen LogP contribution in [-0.4, -0.2) is 129 Å². The molecule has 0 radical (unpaired) electrons. The van der Waals surface area contributed by atoms with E-state index in [4.69, 9.17) is 30.8 Å². The van der Waals surface area contributed by atoms with Crippen molar-refractivity contribution in [3.05, 3.63) is 215 Å². The predicted molar refractivity (Wildman–Crippen MR) is 380 cm³/mol. The number of aromatic nitrogens is 6. The largest absolute Gasteiger partial charge is 0.382 e. The number of rotatable bonds is 26. The van der Waals surface area contributed by atoms with Crippen LogP contribution in [0.4, 0.5) is 17.5 Å². The molecule has 30 heteroatoms. The molecule has 9 rings (SSSR count). The molecule has 6 aromatic carbocycles. The summed E-state index contributed by atoms with van der Waals surface area (Å²) in [6, 6.07) is 40.6. The minimum Gasteiger partial charge on any atom is -0.382 e. The Hall–Kier alpha value is -8.61. The number of carbonyl (C=O) groups excluding carboxylic acids is 3. The van der Waals surface area contributed by atoms with Crippen LogP contribution in [0.15, 0.2) is 179 Å². The molecule has 0 aliphatic heterocycles. The van der Waals surface area contributed by atoms with Gasteiger partial charge in [-0.15, -0.1) is 0 Å². The Kier molecular flexibility index (Phi) is 25.7. The van der Waals surface area contributed by atoms with E-state index in [1.54, 1.807) is 26.0 Å². The van der Waals surface area contributed by atoms with Gasteiger partial charge in [-0.05, 0) is 80.8 Å². The highest BCUT2D eigenvalue weighted by molar-refractivity contribution is 7.99. The lowest BCUT2D eigenvalue weighted by molar-refractivity contribution is 0.0980. The number of nitrogen functional groups attached to an aromatic ring is 3. The van der Waals surface area contributed by atoms with Crippen LogP contribution in [0.5, 0.6) is 0 Å². The van der Waals surface area contributed by atoms with Gasteiger partial charge in [-0.3, -0.25) is 28.1 Å². The average Bonchev–Trinajstić information content (AvgIpc) is 0.838. The summed E-state index contributed by atoms with van der Waals surface area (Å²) in [5.74, 6) is -0.909. The van der Waals surface area contributed by atoms with E-state index in [1.165, 1.54) is 107 Å². The monoisotopic (exact) mass is 1450 g/mol. The van der Waals surface area contributed by atoms with E-state index in [0.717, 1.165) is 33.4 Å². The minimum atomic E-state index is -3.81. The van der Waals surface area contributed by atoms with E-state index in [2.05, 4.69) is 29.9 Å². The molecule has 0 spiro atoms. The molecule has 0 saturated carbocycles. The summed E-state index contributed by atoms with van der Waals surface area (Å²) < 4.78 is 127. The second-order valence-electron chi connectivity index (χ2n) is 23.0. The summed E-state index contributed by atoms with van der Waals surface area (Å²) in [5, 5.41) is 0. The van der Waals surface area contributed by atoms with Gasteiger partial charge in [0.2, 0.25) is 22.1 Å². The van der Waals surface area contributed by atoms with Crippen molar-refractivity contribution in [1.82, 2.24) is 29.9 Å². The van der Waals surface area contributed by atoms with Gasteiger partial charge in [0.1, 0.15) is 33.6 Å². The molecule has 0 unspecified atom stereocenters. The maximum Gasteiger partial charge on any atom is 0.217 e. The van der Waals surface area contributed by atoms with Crippen molar-refractivity contribution in [3.63, 3.8) is 0 Å². The first-order valence-electron chi connectivity index (χ1n) is 30.2. The Morgan fingerprint density at radius 1 is 0.408 bits per heavy atom. The maximum atomic E-state index is 12.9. The Bertz CT molecular complexity index is 4680. The number of nitrogens with zero attached hydrogens (tertiary/aromatic N) is 6. The van der Waals surface area contributed by atoms with Gasteiger partial charge in [0.15, 0.2) is 64.3 Å². The number of Topliss-reactive ketones (excluding diaryl/α,β-unsaturated/α-hetero) is 3. The zero-order valence-corrected chi connectivity index (χ0v) is 60.5. The number of nitrogens with two attached hydrogens (primary N) is 3. The summed E-state index contributed by atoms with van der Waals surface area (Å²) in [6.07, 6.45) is 4.61. The van der Waals surface area contributed by atoms with Gasteiger partial charge in [-0.25, -0.2) is 55.2 Å². The summed E-state index contributed by atoms with van der Waals surface area (Å²) in [5.41, 5.74) is 25.3. The zero-order valence-electron chi connectivity index (χ0n) is 55.4. The van der Waals surface area contributed by atoms with Gasteiger partial charge < -0.3 is 30.8 Å². The van der Waals surface area contributed by atoms with Crippen molar-refractivity contribution >= 4 is 86.4 Å². The first kappa shape index (κ1) is 76.8. The molecule has 3 atom stereocenters. The normalized spacial score (nSPS) is 13.4. The minimum absolute atomic E-state index is 0.00787. The van der Waals surface area contributed by atoms with Crippen molar-refractivity contribution in [2.45, 2.75) is 68.6 Å². The molecule has 9 aromatic rings. The van der Waals surface area contributed by atoms with Crippen LogP contribution in [-0.2, 0) is 76.0 Å². The van der Waals surface area contributed by atoms with Crippen molar-refractivity contribution in [2.75, 3.05) is 74.0 Å². The summed E-state index contributed by atoms with van der Waals surface area (Å²) >= 11 is 0. The molecule has 0 fully saturated rings. The van der Waals surface area contributed by atoms with Gasteiger partial charge in [-0.2, -0.15) is 0 Å². The van der Waals surface area contributed by atoms with Crippen molar-refractivity contribution in [3.8, 4) is 33.8 Å². The average molecular weight is 1450 g/mol. The lowest BCUT2D eigenvalue weighted by atomic mass is 10.1. The van der Waals surface area contributed by atoms with E-state index in [-0.39, 0.29) is 98.6 Å². The van der Waals surface area contributed by atoms with Crippen LogP contribution in [0, 0.1) is 20.8 Å². The van der Waals surface area contributed by atoms with E-state index in [0.29, 0.717) is 33.8 Å². The quantitative estimate of drug-likeness (QED) is 0.0335. The SMILES string of the molecule is CCO[P@](=O)(CC)CS(=O)(=O)c1ccc(CC(=O)c2nc(-c3ccc(C)cc3)cnc2N)cc1.CO[P@@](C)(=O)CS(=O)(=O)c1ccc(CC(=O)c2nc(-c3ccc(C)cc3)cnc2N)cc1.CO[P@](C)(=O)CS(=O)(=O)c1ccc(CC(=O)c2nc(-c3ccc(C)cc3)cnc2N)cc1. The topological polar surface area (TPSA) is 388 Å². The fourth-order valence-electron chi connectivity index (χ4n) is 9.31. The molecular formula is C68H76N9O15P3S3. The van der Waals surface area contributed by atoms with Gasteiger partial charge >= 0.3 is 0 Å². The number of hydrogen-bond acceptors (Lipinski definition) is 24. The van der Waals surface area contributed by atoms with Crippen LogP contribution in [0.3, 0.4) is 0 Å². The molecule has 98 heavy (non-hydrogen) atoms. The molecule has 516 valence electrons. The number of hydrogen-bond donors (Lipinski definition) is 3.